The number of carbonyl (C=O) groups excluding carboxylic acids is 1. The smallest absolute Gasteiger partial charge is 0.253 e. The van der Waals surface area contributed by atoms with Gasteiger partial charge in [0.1, 0.15) is 18.5 Å². The highest BCUT2D eigenvalue weighted by atomic mass is 16.3. The van der Waals surface area contributed by atoms with Crippen molar-refractivity contribution in [2.24, 2.45) is 0 Å². The van der Waals surface area contributed by atoms with Gasteiger partial charge < -0.3 is 15.1 Å². The zero-order valence-corrected chi connectivity index (χ0v) is 15.1. The molecule has 0 unspecified atom stereocenters. The largest absolute Gasteiger partial charge is 0.394 e. The molecule has 3 aromatic rings. The van der Waals surface area contributed by atoms with Crippen LogP contribution in [-0.2, 0) is 0 Å². The summed E-state index contributed by atoms with van der Waals surface area (Å²) in [5, 5.41) is 26.0. The molecule has 0 aliphatic carbocycles. The molecule has 140 valence electrons. The second-order valence-electron chi connectivity index (χ2n) is 6.33. The lowest BCUT2D eigenvalue weighted by atomic mass is 10.0. The minimum atomic E-state index is -0.948. The third kappa shape index (κ3) is 4.18. The highest BCUT2D eigenvalue weighted by molar-refractivity contribution is 5.94. The van der Waals surface area contributed by atoms with Crippen LogP contribution >= 0.6 is 0 Å². The number of rotatable bonds is 6. The number of aryl methyl sites for hydroxylation is 1. The van der Waals surface area contributed by atoms with Gasteiger partial charge in [0.15, 0.2) is 0 Å². The highest BCUT2D eigenvalue weighted by Gasteiger charge is 2.15. The predicted molar refractivity (Wildman–Crippen MR) is 99.4 cm³/mol. The van der Waals surface area contributed by atoms with Gasteiger partial charge in [0, 0.05) is 30.9 Å². The Hall–Kier alpha value is -3.10. The van der Waals surface area contributed by atoms with Crippen LogP contribution in [0, 0.1) is 6.92 Å². The van der Waals surface area contributed by atoms with E-state index in [0.29, 0.717) is 5.56 Å². The van der Waals surface area contributed by atoms with Gasteiger partial charge in [-0.15, -0.1) is 10.2 Å². The van der Waals surface area contributed by atoms with E-state index in [0.717, 1.165) is 22.5 Å². The number of aliphatic hydroxyl groups excluding tert-OH is 2. The molecular formula is C19H21N5O3. The van der Waals surface area contributed by atoms with Crippen LogP contribution in [0.15, 0.2) is 49.2 Å². The van der Waals surface area contributed by atoms with Crippen LogP contribution in [0.2, 0.25) is 0 Å². The average Bonchev–Trinajstić information content (AvgIpc) is 3.21. The van der Waals surface area contributed by atoms with Gasteiger partial charge in [0.05, 0.1) is 12.7 Å². The van der Waals surface area contributed by atoms with Crippen LogP contribution in [0.25, 0.3) is 16.9 Å². The first kappa shape index (κ1) is 18.7. The van der Waals surface area contributed by atoms with Crippen molar-refractivity contribution in [2.45, 2.75) is 13.0 Å². The molecular weight excluding hydrogens is 346 g/mol. The van der Waals surface area contributed by atoms with E-state index in [-0.39, 0.29) is 19.1 Å². The molecule has 8 heteroatoms. The molecule has 2 aromatic heterocycles. The lowest BCUT2D eigenvalue weighted by Gasteiger charge is -2.19. The fourth-order valence-corrected chi connectivity index (χ4v) is 2.79. The lowest BCUT2D eigenvalue weighted by molar-refractivity contribution is 0.0520. The summed E-state index contributed by atoms with van der Waals surface area (Å²) in [5.74, 6) is 0.547. The van der Waals surface area contributed by atoms with Crippen molar-refractivity contribution in [3.63, 3.8) is 0 Å². The summed E-state index contributed by atoms with van der Waals surface area (Å²) in [6, 6.07) is 9.21. The maximum atomic E-state index is 12.4. The van der Waals surface area contributed by atoms with Gasteiger partial charge >= 0.3 is 0 Å². The second kappa shape index (κ2) is 8.07. The molecule has 0 fully saturated rings. The molecule has 3 rings (SSSR count). The van der Waals surface area contributed by atoms with Gasteiger partial charge in [-0.2, -0.15) is 0 Å². The number of carbonyl (C=O) groups is 1. The summed E-state index contributed by atoms with van der Waals surface area (Å²) in [6.07, 6.45) is 4.01. The molecule has 2 heterocycles. The zero-order chi connectivity index (χ0) is 19.4. The Morgan fingerprint density at radius 1 is 1.19 bits per heavy atom. The van der Waals surface area contributed by atoms with E-state index in [1.165, 1.54) is 4.90 Å². The minimum absolute atomic E-state index is 0.0742. The molecule has 2 N–H and O–H groups in total. The van der Waals surface area contributed by atoms with E-state index in [2.05, 4.69) is 15.2 Å². The van der Waals surface area contributed by atoms with Crippen LogP contribution < -0.4 is 0 Å². The van der Waals surface area contributed by atoms with Gasteiger partial charge in [-0.25, -0.2) is 4.98 Å². The van der Waals surface area contributed by atoms with E-state index >= 15 is 0 Å². The van der Waals surface area contributed by atoms with E-state index in [4.69, 9.17) is 5.11 Å². The number of likely N-dealkylation sites (N-methyl/N-ethyl adjacent to an activating group) is 1. The molecule has 1 amide bonds. The molecule has 0 bridgehead atoms. The first-order chi connectivity index (χ1) is 13.0. The maximum Gasteiger partial charge on any atom is 0.253 e. The van der Waals surface area contributed by atoms with E-state index in [9.17, 15) is 9.90 Å². The van der Waals surface area contributed by atoms with Crippen molar-refractivity contribution in [3.8, 4) is 16.9 Å². The summed E-state index contributed by atoms with van der Waals surface area (Å²) < 4.78 is 1.75. The van der Waals surface area contributed by atoms with E-state index < -0.39 is 6.10 Å². The maximum absolute atomic E-state index is 12.4. The molecule has 8 nitrogen and oxygen atoms in total. The van der Waals surface area contributed by atoms with E-state index in [1.54, 1.807) is 42.6 Å². The highest BCUT2D eigenvalue weighted by Crippen LogP contribution is 2.23. The first-order valence-corrected chi connectivity index (χ1v) is 8.46. The third-order valence-electron chi connectivity index (χ3n) is 4.22. The van der Waals surface area contributed by atoms with Crippen LogP contribution in [0.5, 0.6) is 0 Å². The zero-order valence-electron chi connectivity index (χ0n) is 15.1. The van der Waals surface area contributed by atoms with Crippen molar-refractivity contribution < 1.29 is 15.0 Å². The van der Waals surface area contributed by atoms with E-state index in [1.807, 2.05) is 25.1 Å². The van der Waals surface area contributed by atoms with Crippen LogP contribution in [0.1, 0.15) is 15.9 Å². The molecule has 0 radical (unpaired) electrons. The number of benzene rings is 1. The molecule has 1 atom stereocenters. The molecule has 0 aliphatic heterocycles. The number of hydrogen-bond donors (Lipinski definition) is 2. The van der Waals surface area contributed by atoms with Gasteiger partial charge in [0.2, 0.25) is 0 Å². The number of aliphatic hydroxyl groups is 2. The van der Waals surface area contributed by atoms with Crippen molar-refractivity contribution in [1.29, 1.82) is 0 Å². The van der Waals surface area contributed by atoms with Gasteiger partial charge in [-0.1, -0.05) is 12.1 Å². The molecule has 0 saturated heterocycles. The summed E-state index contributed by atoms with van der Waals surface area (Å²) in [7, 11) is 1.59. The number of nitrogens with zero attached hydrogens (tertiary/aromatic N) is 5. The average molecular weight is 367 g/mol. The quantitative estimate of drug-likeness (QED) is 0.675. The Bertz CT molecular complexity index is 910. The topological polar surface area (TPSA) is 104 Å². The van der Waals surface area contributed by atoms with Crippen LogP contribution in [0.3, 0.4) is 0 Å². The predicted octanol–water partition coefficient (Wildman–Crippen LogP) is 1.06. The standard InChI is InChI=1S/C19H21N5O3/c1-13-7-16(8-20-18(13)24-11-21-22-12-24)14-3-5-15(6-4-14)19(27)23(2)9-17(26)10-25/h3-8,11-12,17,25-26H,9-10H2,1-2H3/t17-/m1/s1. The summed E-state index contributed by atoms with van der Waals surface area (Å²) in [6.45, 7) is 1.66. The normalized spacial score (nSPS) is 12.0. The number of hydrogen-bond acceptors (Lipinski definition) is 6. The van der Waals surface area contributed by atoms with Crippen LogP contribution in [-0.4, -0.2) is 67.1 Å². The molecule has 0 spiro atoms. The molecule has 1 aromatic carbocycles. The monoisotopic (exact) mass is 367 g/mol. The van der Waals surface area contributed by atoms with Gasteiger partial charge in [-0.05, 0) is 36.2 Å². The molecule has 27 heavy (non-hydrogen) atoms. The summed E-state index contributed by atoms with van der Waals surface area (Å²) in [5.41, 5.74) is 3.37. The van der Waals surface area contributed by atoms with Crippen molar-refractivity contribution >= 4 is 5.91 Å². The first-order valence-electron chi connectivity index (χ1n) is 8.46. The van der Waals surface area contributed by atoms with Crippen molar-refractivity contribution in [3.05, 3.63) is 60.3 Å². The fourth-order valence-electron chi connectivity index (χ4n) is 2.79. The second-order valence-corrected chi connectivity index (χ2v) is 6.33. The fraction of sp³-hybridized carbons (Fsp3) is 0.263. The summed E-state index contributed by atoms with van der Waals surface area (Å²) in [4.78, 5) is 18.2. The Labute approximate surface area is 156 Å². The summed E-state index contributed by atoms with van der Waals surface area (Å²) >= 11 is 0. The third-order valence-corrected chi connectivity index (χ3v) is 4.22. The van der Waals surface area contributed by atoms with Crippen molar-refractivity contribution in [2.75, 3.05) is 20.2 Å². The Balaban J connectivity index is 1.77. The van der Waals surface area contributed by atoms with Gasteiger partial charge in [0.25, 0.3) is 5.91 Å². The lowest BCUT2D eigenvalue weighted by Crippen LogP contribution is -2.35. The Morgan fingerprint density at radius 3 is 2.44 bits per heavy atom. The number of pyridine rings is 1. The minimum Gasteiger partial charge on any atom is -0.394 e. The number of aromatic nitrogens is 4. The van der Waals surface area contributed by atoms with Crippen molar-refractivity contribution in [1.82, 2.24) is 24.6 Å². The van der Waals surface area contributed by atoms with Crippen LogP contribution in [0.4, 0.5) is 0 Å². The Kier molecular flexibility index (Phi) is 5.58. The SMILES string of the molecule is Cc1cc(-c2ccc(C(=O)N(C)C[C@@H](O)CO)cc2)cnc1-n1cnnc1. The van der Waals surface area contributed by atoms with Gasteiger partial charge in [-0.3, -0.25) is 9.36 Å². The molecule has 0 saturated carbocycles. The number of amides is 1. The Morgan fingerprint density at radius 2 is 1.85 bits per heavy atom. The molecule has 0 aliphatic rings.